The molecule has 15 heteroatoms. The van der Waals surface area contributed by atoms with Gasteiger partial charge in [0, 0.05) is 44.0 Å². The zero-order valence-electron chi connectivity index (χ0n) is 96.3. The minimum atomic E-state index is -0.903. The Morgan fingerprint density at radius 2 is 0.170 bits per heavy atom. The van der Waals surface area contributed by atoms with Crippen LogP contribution in [0.3, 0.4) is 0 Å². The molecule has 0 heterocycles. The third-order valence-corrected chi connectivity index (χ3v) is 27.9. The smallest absolute Gasteiger partial charge is 0.550 e. The predicted molar refractivity (Wildman–Crippen MR) is 611 cm³/mol. The van der Waals surface area contributed by atoms with Gasteiger partial charge in [-0.25, -0.2) is 0 Å². The van der Waals surface area contributed by atoms with E-state index in [1.165, 1.54) is 584 Å². The number of aliphatic carboxylic acids is 7. The van der Waals surface area contributed by atoms with Gasteiger partial charge in [-0.15, -0.1) is 0 Å². The van der Waals surface area contributed by atoms with Crippen LogP contribution >= 0.6 is 0 Å². The molecule has 0 rings (SSSR count). The van der Waals surface area contributed by atoms with E-state index < -0.39 is 41.8 Å². The molecule has 141 heavy (non-hydrogen) atoms. The van der Waals surface area contributed by atoms with Crippen LogP contribution in [-0.2, 0) is 33.6 Å². The van der Waals surface area contributed by atoms with Gasteiger partial charge in [-0.2, -0.15) is 0 Å². The average molecular weight is 2010 g/mol. The van der Waals surface area contributed by atoms with E-state index >= 15 is 0 Å². The molecule has 0 aliphatic rings. The summed E-state index contributed by atoms with van der Waals surface area (Å²) in [4.78, 5) is 72.1. The Balaban J connectivity index is -0.000000244. The molecule has 0 atom stereocenters. The number of hydrogen-bond donors (Lipinski definition) is 5. The Bertz CT molecular complexity index is 1850. The molecular formula is C126H250MgO14. The van der Waals surface area contributed by atoms with Crippen LogP contribution < -0.4 is 10.2 Å². The second-order valence-electron chi connectivity index (χ2n) is 42.6. The van der Waals surface area contributed by atoms with Gasteiger partial charge in [0.25, 0.3) is 0 Å². The summed E-state index contributed by atoms with van der Waals surface area (Å²) in [5.41, 5.74) is 0. The van der Waals surface area contributed by atoms with Crippen molar-refractivity contribution < 1.29 is 69.3 Å². The first-order valence-electron chi connectivity index (χ1n) is 62.9. The molecule has 0 spiro atoms. The molecule has 0 aromatic heterocycles. The Kier molecular flexibility index (Phi) is 163. The zero-order chi connectivity index (χ0) is 104. The van der Waals surface area contributed by atoms with Crippen molar-refractivity contribution in [3.63, 3.8) is 0 Å². The summed E-state index contributed by atoms with van der Waals surface area (Å²) < 4.78 is 0. The van der Waals surface area contributed by atoms with Crippen molar-refractivity contribution in [3.8, 4) is 0 Å². The maximum atomic E-state index is 10.3. The molecule has 0 unspecified atom stereocenters. The first-order valence-corrected chi connectivity index (χ1v) is 62.9. The fourth-order valence-corrected chi connectivity index (χ4v) is 18.5. The van der Waals surface area contributed by atoms with Crippen molar-refractivity contribution in [1.29, 1.82) is 0 Å². The summed E-state index contributed by atoms with van der Waals surface area (Å²) in [6, 6.07) is 0. The third kappa shape index (κ3) is 186. The molecule has 0 aromatic carbocycles. The van der Waals surface area contributed by atoms with Gasteiger partial charge in [-0.1, -0.05) is 678 Å². The summed E-state index contributed by atoms with van der Waals surface area (Å²) in [5, 5.41) is 63.0. The van der Waals surface area contributed by atoms with Crippen LogP contribution in [0.5, 0.6) is 0 Å². The first-order chi connectivity index (χ1) is 68.4. The third-order valence-electron chi connectivity index (χ3n) is 27.9. The van der Waals surface area contributed by atoms with Gasteiger partial charge in [0.1, 0.15) is 0 Å². The minimum Gasteiger partial charge on any atom is -0.550 e. The van der Waals surface area contributed by atoms with E-state index in [0.29, 0.717) is 32.1 Å². The van der Waals surface area contributed by atoms with Crippen LogP contribution in [0.15, 0.2) is 0 Å². The van der Waals surface area contributed by atoms with Crippen LogP contribution in [0.25, 0.3) is 0 Å². The van der Waals surface area contributed by atoms with Gasteiger partial charge >= 0.3 is 52.9 Å². The Morgan fingerprint density at radius 3 is 0.227 bits per heavy atom. The molecule has 0 bridgehead atoms. The predicted octanol–water partition coefficient (Wildman–Crippen LogP) is 41.3. The van der Waals surface area contributed by atoms with Crippen molar-refractivity contribution in [2.24, 2.45) is 0 Å². The maximum Gasteiger partial charge on any atom is 2.00 e. The first kappa shape index (κ1) is 153. The quantitative estimate of drug-likeness (QED) is 0.0280. The largest absolute Gasteiger partial charge is 2.00 e. The van der Waals surface area contributed by atoms with E-state index in [1.807, 2.05) is 0 Å². The van der Waals surface area contributed by atoms with Crippen molar-refractivity contribution in [1.82, 2.24) is 0 Å². The van der Waals surface area contributed by atoms with Crippen LogP contribution in [0.1, 0.15) is 768 Å². The number of unbranched alkanes of at least 4 members (excludes halogenated alkanes) is 98. The topological polar surface area (TPSA) is 267 Å². The average Bonchev–Trinajstić information content (AvgIpc) is 1.11. The molecule has 0 aliphatic heterocycles. The molecular weight excluding hydrogens is 1760 g/mol. The van der Waals surface area contributed by atoms with Crippen LogP contribution in [0, 0.1) is 0 Å². The van der Waals surface area contributed by atoms with Gasteiger partial charge in [0.2, 0.25) is 0 Å². The summed E-state index contributed by atoms with van der Waals surface area (Å²) in [6.45, 7) is 15.9. The maximum absolute atomic E-state index is 10.3. The fraction of sp³-hybridized carbons (Fsp3) is 0.944. The van der Waals surface area contributed by atoms with E-state index in [4.69, 9.17) is 25.5 Å². The molecule has 0 aromatic rings. The van der Waals surface area contributed by atoms with Crippen LogP contribution in [0.4, 0.5) is 0 Å². The standard InChI is InChI=1S/7C18H36O2.Mg/c7*1-2-3-4-5-6-7-8-9-10-11-12-13-14-15-16-17-18(19)20;/h7*2-17H2,1H3,(H,19,20);/q;;;;;;;+2/p-2. The summed E-state index contributed by atoms with van der Waals surface area (Å²) in [7, 11) is 0. The van der Waals surface area contributed by atoms with Gasteiger partial charge in [0.15, 0.2) is 0 Å². The molecule has 840 valence electrons. The van der Waals surface area contributed by atoms with Gasteiger partial charge in [-0.3, -0.25) is 24.0 Å². The van der Waals surface area contributed by atoms with Gasteiger partial charge in [-0.05, 0) is 57.8 Å². The Labute approximate surface area is 895 Å². The number of carbonyl (C=O) groups excluding carboxylic acids is 2. The molecule has 14 nitrogen and oxygen atoms in total. The van der Waals surface area contributed by atoms with E-state index in [0.717, 1.165) is 89.9 Å². The number of carbonyl (C=O) groups is 7. The van der Waals surface area contributed by atoms with E-state index in [9.17, 15) is 43.8 Å². The van der Waals surface area contributed by atoms with E-state index in [2.05, 4.69) is 48.5 Å². The van der Waals surface area contributed by atoms with E-state index in [1.54, 1.807) is 0 Å². The van der Waals surface area contributed by atoms with E-state index in [-0.39, 0.29) is 35.9 Å². The second kappa shape index (κ2) is 150. The zero-order valence-corrected chi connectivity index (χ0v) is 97.7. The van der Waals surface area contributed by atoms with Crippen molar-refractivity contribution in [3.05, 3.63) is 0 Å². The fourth-order valence-electron chi connectivity index (χ4n) is 18.5. The van der Waals surface area contributed by atoms with Crippen LogP contribution in [-0.4, -0.2) is 90.4 Å². The molecule has 5 N–H and O–H groups in total. The molecule has 0 saturated heterocycles. The number of carboxylic acids is 7. The summed E-state index contributed by atoms with van der Waals surface area (Å²) >= 11 is 0. The number of rotatable bonds is 112. The Morgan fingerprint density at radius 1 is 0.113 bits per heavy atom. The number of hydrogen-bond acceptors (Lipinski definition) is 9. The Hall–Kier alpha value is -2.94. The molecule has 0 saturated carbocycles. The minimum absolute atomic E-state index is 0. The van der Waals surface area contributed by atoms with Gasteiger partial charge in [0.05, 0.1) is 0 Å². The van der Waals surface area contributed by atoms with Crippen LogP contribution in [0.2, 0.25) is 0 Å². The van der Waals surface area contributed by atoms with Crippen molar-refractivity contribution >= 4 is 64.8 Å². The SMILES string of the molecule is CCCCCCCCCCCCCCCCCC(=O)O.CCCCCCCCCCCCCCCCCC(=O)O.CCCCCCCCCCCCCCCCCC(=O)O.CCCCCCCCCCCCCCCCCC(=O)O.CCCCCCCCCCCCCCCCCC(=O)O.CCCCCCCCCCCCCCCCCC(=O)[O-].CCCCCCCCCCCCCCCCCC(=O)[O-].[Mg+2]. The molecule has 0 amide bonds. The van der Waals surface area contributed by atoms with Crippen molar-refractivity contribution in [2.45, 2.75) is 768 Å². The normalized spacial score (nSPS) is 10.8. The number of carboxylic acid groups (broad SMARTS) is 7. The molecule has 0 aliphatic carbocycles. The monoisotopic (exact) mass is 2010 g/mol. The van der Waals surface area contributed by atoms with Gasteiger partial charge < -0.3 is 45.3 Å². The second-order valence-corrected chi connectivity index (χ2v) is 42.6. The van der Waals surface area contributed by atoms with Crippen molar-refractivity contribution in [2.75, 3.05) is 0 Å². The molecule has 0 fully saturated rings. The molecule has 0 radical (unpaired) electrons. The summed E-state index contributed by atoms with van der Waals surface area (Å²) in [6.07, 6.45) is 141. The summed E-state index contributed by atoms with van der Waals surface area (Å²) in [5.74, 6) is -5.07.